The highest BCUT2D eigenvalue weighted by molar-refractivity contribution is 7.15. The first-order valence-corrected chi connectivity index (χ1v) is 10.4. The van der Waals surface area contributed by atoms with Gasteiger partial charge in [-0.2, -0.15) is 0 Å². The molecule has 138 valence electrons. The molecule has 0 amide bonds. The highest BCUT2D eigenvalue weighted by atomic mass is 32.1. The highest BCUT2D eigenvalue weighted by Crippen LogP contribution is 2.23. The summed E-state index contributed by atoms with van der Waals surface area (Å²) < 4.78 is 4.44. The summed E-state index contributed by atoms with van der Waals surface area (Å²) in [5.74, 6) is 0.777. The topological polar surface area (TPSA) is 38.4 Å². The molecule has 3 aromatic rings. The van der Waals surface area contributed by atoms with E-state index >= 15 is 0 Å². The fourth-order valence-electron chi connectivity index (χ4n) is 3.86. The first-order chi connectivity index (χ1) is 12.8. The Morgan fingerprint density at radius 2 is 2.27 bits per heavy atom. The third kappa shape index (κ3) is 4.07. The van der Waals surface area contributed by atoms with Crippen LogP contribution in [0.5, 0.6) is 0 Å². The second kappa shape index (κ2) is 8.18. The van der Waals surface area contributed by atoms with Gasteiger partial charge in [0, 0.05) is 50.1 Å². The molecule has 0 spiro atoms. The number of rotatable bonds is 8. The number of nitrogens with zero attached hydrogens (tertiary/aromatic N) is 5. The zero-order valence-electron chi connectivity index (χ0n) is 15.4. The molecular formula is C20H27N5S. The van der Waals surface area contributed by atoms with Gasteiger partial charge in [0.05, 0.1) is 17.7 Å². The molecule has 1 aliphatic rings. The summed E-state index contributed by atoms with van der Waals surface area (Å²) in [6.07, 6.45) is 17.6. The van der Waals surface area contributed by atoms with Gasteiger partial charge in [0.25, 0.3) is 0 Å². The SMILES string of the molecule is Cc1nc2sccn2c1CN(CCCn1ccnc1)C[C@H]1CC=CCC1. The van der Waals surface area contributed by atoms with Gasteiger partial charge in [-0.25, -0.2) is 9.97 Å². The van der Waals surface area contributed by atoms with Crippen LogP contribution in [0.3, 0.4) is 0 Å². The van der Waals surface area contributed by atoms with Gasteiger partial charge in [0.1, 0.15) is 0 Å². The van der Waals surface area contributed by atoms with Gasteiger partial charge < -0.3 is 4.57 Å². The van der Waals surface area contributed by atoms with Gasteiger partial charge in [0.15, 0.2) is 4.96 Å². The summed E-state index contributed by atoms with van der Waals surface area (Å²) in [6, 6.07) is 0. The minimum absolute atomic E-state index is 0.777. The molecule has 6 heteroatoms. The number of allylic oxidation sites excluding steroid dienone is 2. The van der Waals surface area contributed by atoms with Gasteiger partial charge in [-0.15, -0.1) is 11.3 Å². The molecule has 0 unspecified atom stereocenters. The third-order valence-electron chi connectivity index (χ3n) is 5.28. The Hall–Kier alpha value is -1.92. The van der Waals surface area contributed by atoms with E-state index in [-0.39, 0.29) is 0 Å². The molecule has 4 rings (SSSR count). The van der Waals surface area contributed by atoms with Crippen LogP contribution in [0.1, 0.15) is 37.1 Å². The molecule has 0 aromatic carbocycles. The molecule has 0 fully saturated rings. The van der Waals surface area contributed by atoms with Crippen molar-refractivity contribution < 1.29 is 0 Å². The fourth-order valence-corrected chi connectivity index (χ4v) is 4.64. The molecule has 3 aromatic heterocycles. The van der Waals surface area contributed by atoms with E-state index in [9.17, 15) is 0 Å². The first kappa shape index (κ1) is 17.5. The lowest BCUT2D eigenvalue weighted by molar-refractivity contribution is 0.206. The molecule has 26 heavy (non-hydrogen) atoms. The van der Waals surface area contributed by atoms with E-state index in [1.807, 2.05) is 18.7 Å². The maximum atomic E-state index is 4.73. The lowest BCUT2D eigenvalue weighted by Gasteiger charge is -2.28. The van der Waals surface area contributed by atoms with Crippen molar-refractivity contribution >= 4 is 16.3 Å². The molecule has 0 aliphatic heterocycles. The quantitative estimate of drug-likeness (QED) is 0.560. The maximum Gasteiger partial charge on any atom is 0.194 e. The first-order valence-electron chi connectivity index (χ1n) is 9.53. The van der Waals surface area contributed by atoms with E-state index in [1.165, 1.54) is 37.2 Å². The van der Waals surface area contributed by atoms with Crippen molar-refractivity contribution in [1.82, 2.24) is 23.8 Å². The summed E-state index contributed by atoms with van der Waals surface area (Å²) in [5.41, 5.74) is 2.51. The molecule has 0 bridgehead atoms. The standard InChI is InChI=1S/C20H27N5S/c1-17-19(25-12-13-26-20(25)22-17)15-24(14-18-6-3-2-4-7-18)10-5-9-23-11-8-21-16-23/h2-3,8,11-13,16,18H,4-7,9-10,14-15H2,1H3/t18-/m0/s1. The number of aromatic nitrogens is 4. The molecule has 5 nitrogen and oxygen atoms in total. The minimum atomic E-state index is 0.777. The molecule has 3 heterocycles. The maximum absolute atomic E-state index is 4.73. The number of hydrogen-bond donors (Lipinski definition) is 0. The van der Waals surface area contributed by atoms with Crippen LogP contribution in [0.2, 0.25) is 0 Å². The van der Waals surface area contributed by atoms with E-state index in [1.54, 1.807) is 11.3 Å². The second-order valence-electron chi connectivity index (χ2n) is 7.24. The van der Waals surface area contributed by atoms with Crippen LogP contribution in [0.25, 0.3) is 4.96 Å². The van der Waals surface area contributed by atoms with E-state index < -0.39 is 0 Å². The van der Waals surface area contributed by atoms with Crippen LogP contribution in [-0.2, 0) is 13.1 Å². The Kier molecular flexibility index (Phi) is 5.51. The van der Waals surface area contributed by atoms with Crippen LogP contribution < -0.4 is 0 Å². The number of hydrogen-bond acceptors (Lipinski definition) is 4. The Morgan fingerprint density at radius 3 is 3.08 bits per heavy atom. The predicted molar refractivity (Wildman–Crippen MR) is 106 cm³/mol. The Balaban J connectivity index is 1.44. The van der Waals surface area contributed by atoms with Crippen LogP contribution in [0.4, 0.5) is 0 Å². The number of imidazole rings is 2. The molecular weight excluding hydrogens is 342 g/mol. The van der Waals surface area contributed by atoms with E-state index in [0.29, 0.717) is 0 Å². The van der Waals surface area contributed by atoms with Gasteiger partial charge in [-0.3, -0.25) is 9.30 Å². The zero-order chi connectivity index (χ0) is 17.8. The summed E-state index contributed by atoms with van der Waals surface area (Å²) >= 11 is 1.72. The largest absolute Gasteiger partial charge is 0.337 e. The summed E-state index contributed by atoms with van der Waals surface area (Å²) in [5, 5.41) is 2.13. The smallest absolute Gasteiger partial charge is 0.194 e. The van der Waals surface area contributed by atoms with Crippen molar-refractivity contribution in [3.63, 3.8) is 0 Å². The summed E-state index contributed by atoms with van der Waals surface area (Å²) in [4.78, 5) is 12.6. The number of thiazole rings is 1. The second-order valence-corrected chi connectivity index (χ2v) is 8.11. The molecule has 1 atom stereocenters. The van der Waals surface area contributed by atoms with Crippen molar-refractivity contribution in [2.75, 3.05) is 13.1 Å². The number of aryl methyl sites for hydroxylation is 2. The van der Waals surface area contributed by atoms with Crippen molar-refractivity contribution in [1.29, 1.82) is 0 Å². The predicted octanol–water partition coefficient (Wildman–Crippen LogP) is 4.15. The van der Waals surface area contributed by atoms with Crippen LogP contribution in [0, 0.1) is 12.8 Å². The van der Waals surface area contributed by atoms with Crippen LogP contribution in [-0.4, -0.2) is 36.9 Å². The van der Waals surface area contributed by atoms with Crippen molar-refractivity contribution in [3.05, 3.63) is 53.8 Å². The van der Waals surface area contributed by atoms with Crippen LogP contribution in [0.15, 0.2) is 42.4 Å². The fraction of sp³-hybridized carbons (Fsp3) is 0.500. The Morgan fingerprint density at radius 1 is 1.31 bits per heavy atom. The molecule has 0 saturated carbocycles. The Bertz CT molecular complexity index is 845. The Labute approximate surface area is 159 Å². The lowest BCUT2D eigenvalue weighted by Crippen LogP contribution is -2.31. The lowest BCUT2D eigenvalue weighted by atomic mass is 9.94. The molecule has 0 saturated heterocycles. The normalized spacial score (nSPS) is 17.5. The number of fused-ring (bicyclic) bond motifs is 1. The molecule has 1 aliphatic carbocycles. The van der Waals surface area contributed by atoms with Gasteiger partial charge >= 0.3 is 0 Å². The van der Waals surface area contributed by atoms with Gasteiger partial charge in [0.2, 0.25) is 0 Å². The van der Waals surface area contributed by atoms with Crippen molar-refractivity contribution in [3.8, 4) is 0 Å². The van der Waals surface area contributed by atoms with Crippen LogP contribution >= 0.6 is 11.3 Å². The molecule has 0 N–H and O–H groups in total. The van der Waals surface area contributed by atoms with Gasteiger partial charge in [-0.1, -0.05) is 12.2 Å². The van der Waals surface area contributed by atoms with Crippen molar-refractivity contribution in [2.45, 2.75) is 45.7 Å². The third-order valence-corrected chi connectivity index (χ3v) is 6.04. The average molecular weight is 370 g/mol. The van der Waals surface area contributed by atoms with Crippen molar-refractivity contribution in [2.24, 2.45) is 5.92 Å². The van der Waals surface area contributed by atoms with Gasteiger partial charge in [-0.05, 0) is 38.5 Å². The highest BCUT2D eigenvalue weighted by Gasteiger charge is 2.18. The molecule has 0 radical (unpaired) electrons. The van der Waals surface area contributed by atoms with E-state index in [0.717, 1.165) is 36.9 Å². The van der Waals surface area contributed by atoms with E-state index in [2.05, 4.69) is 49.5 Å². The van der Waals surface area contributed by atoms with E-state index in [4.69, 9.17) is 4.98 Å². The average Bonchev–Trinajstić information content (AvgIpc) is 3.36. The zero-order valence-corrected chi connectivity index (χ0v) is 16.2. The monoisotopic (exact) mass is 369 g/mol. The summed E-state index contributed by atoms with van der Waals surface area (Å²) in [7, 11) is 0. The summed E-state index contributed by atoms with van der Waals surface area (Å²) in [6.45, 7) is 6.43. The minimum Gasteiger partial charge on any atom is -0.337 e.